The molecule has 0 bridgehead atoms. The van der Waals surface area contributed by atoms with Gasteiger partial charge in [-0.25, -0.2) is 4.98 Å². The van der Waals surface area contributed by atoms with Gasteiger partial charge in [0.05, 0.1) is 12.0 Å². The van der Waals surface area contributed by atoms with E-state index in [1.807, 2.05) is 0 Å². The zero-order valence-corrected chi connectivity index (χ0v) is 11.6. The van der Waals surface area contributed by atoms with E-state index in [1.165, 1.54) is 0 Å². The quantitative estimate of drug-likeness (QED) is 0.825. The third-order valence-corrected chi connectivity index (χ3v) is 2.79. The molecule has 0 saturated heterocycles. The summed E-state index contributed by atoms with van der Waals surface area (Å²) in [4.78, 5) is 30.5. The van der Waals surface area contributed by atoms with Gasteiger partial charge in [-0.15, -0.1) is 0 Å². The molecular weight excluding hydrogens is 232 g/mol. The maximum atomic E-state index is 11.9. The topological polar surface area (TPSA) is 72.0 Å². The first-order valence-electron chi connectivity index (χ1n) is 6.01. The second kappa shape index (κ2) is 5.33. The van der Waals surface area contributed by atoms with Crippen molar-refractivity contribution in [3.63, 3.8) is 0 Å². The molecule has 1 heterocycles. The molecule has 18 heavy (non-hydrogen) atoms. The van der Waals surface area contributed by atoms with Crippen LogP contribution in [-0.2, 0) is 16.0 Å². The number of nitrogens with one attached hydrogen (secondary N) is 1. The van der Waals surface area contributed by atoms with Crippen LogP contribution in [0.1, 0.15) is 37.9 Å². The molecule has 1 rings (SSSR count). The van der Waals surface area contributed by atoms with E-state index in [2.05, 4.69) is 9.97 Å². The molecule has 0 radical (unpaired) electrons. The second-order valence-corrected chi connectivity index (χ2v) is 5.00. The summed E-state index contributed by atoms with van der Waals surface area (Å²) in [6.45, 7) is 9.14. The molecule has 5 nitrogen and oxygen atoms in total. The van der Waals surface area contributed by atoms with Crippen LogP contribution >= 0.6 is 0 Å². The summed E-state index contributed by atoms with van der Waals surface area (Å²) in [5, 5.41) is 0. The highest BCUT2D eigenvalue weighted by Gasteiger charge is 2.31. The van der Waals surface area contributed by atoms with Crippen LogP contribution in [0.5, 0.6) is 0 Å². The van der Waals surface area contributed by atoms with Crippen LogP contribution in [-0.4, -0.2) is 22.5 Å². The highest BCUT2D eigenvalue weighted by Crippen LogP contribution is 2.23. The van der Waals surface area contributed by atoms with Gasteiger partial charge in [-0.2, -0.15) is 0 Å². The fraction of sp³-hybridized carbons (Fsp3) is 0.615. The summed E-state index contributed by atoms with van der Waals surface area (Å²) in [6.07, 6.45) is 0.320. The van der Waals surface area contributed by atoms with Crippen molar-refractivity contribution in [2.45, 2.75) is 41.0 Å². The number of esters is 1. The number of aromatic amines is 1. The van der Waals surface area contributed by atoms with Gasteiger partial charge in [-0.3, -0.25) is 9.59 Å². The predicted octanol–water partition coefficient (Wildman–Crippen LogP) is 1.52. The molecule has 0 aromatic carbocycles. The molecule has 0 unspecified atom stereocenters. The largest absolute Gasteiger partial charge is 0.466 e. The first kappa shape index (κ1) is 14.4. The third-order valence-electron chi connectivity index (χ3n) is 2.79. The molecule has 0 fully saturated rings. The highest BCUT2D eigenvalue weighted by molar-refractivity contribution is 5.76. The molecule has 0 aliphatic carbocycles. The second-order valence-electron chi connectivity index (χ2n) is 5.00. The Labute approximate surface area is 107 Å². The van der Waals surface area contributed by atoms with Crippen molar-refractivity contribution in [2.75, 3.05) is 6.61 Å². The summed E-state index contributed by atoms with van der Waals surface area (Å²) in [5.74, 6) is 0.277. The number of nitrogens with zero attached hydrogens (tertiary/aromatic N) is 1. The van der Waals surface area contributed by atoms with E-state index in [0.717, 1.165) is 0 Å². The molecule has 1 aromatic rings. The van der Waals surface area contributed by atoms with Crippen molar-refractivity contribution in [1.82, 2.24) is 9.97 Å². The van der Waals surface area contributed by atoms with Crippen LogP contribution in [0.3, 0.4) is 0 Å². The molecule has 1 aromatic heterocycles. The normalized spacial score (nSPS) is 11.4. The van der Waals surface area contributed by atoms with Gasteiger partial charge in [0, 0.05) is 11.3 Å². The number of hydrogen-bond donors (Lipinski definition) is 1. The van der Waals surface area contributed by atoms with E-state index < -0.39 is 5.41 Å². The van der Waals surface area contributed by atoms with Crippen LogP contribution in [0.15, 0.2) is 4.79 Å². The van der Waals surface area contributed by atoms with Crippen molar-refractivity contribution < 1.29 is 9.53 Å². The molecule has 0 spiro atoms. The number of rotatable bonds is 4. The Hall–Kier alpha value is -1.65. The van der Waals surface area contributed by atoms with E-state index in [4.69, 9.17) is 4.74 Å². The standard InChI is InChI=1S/C13H20N2O3/c1-6-18-12(17)13(4,5)7-10-8(2)14-9(3)15-11(10)16/h6-7H2,1-5H3,(H,14,15,16). The molecule has 0 aliphatic rings. The Morgan fingerprint density at radius 3 is 2.50 bits per heavy atom. The number of aryl methyl sites for hydroxylation is 2. The predicted molar refractivity (Wildman–Crippen MR) is 68.4 cm³/mol. The van der Waals surface area contributed by atoms with E-state index >= 15 is 0 Å². The van der Waals surface area contributed by atoms with Gasteiger partial charge in [0.2, 0.25) is 0 Å². The molecule has 0 saturated carbocycles. The van der Waals surface area contributed by atoms with Gasteiger partial charge >= 0.3 is 5.97 Å². The summed E-state index contributed by atoms with van der Waals surface area (Å²) in [7, 11) is 0. The van der Waals surface area contributed by atoms with Gasteiger partial charge in [-0.1, -0.05) is 0 Å². The summed E-state index contributed by atoms with van der Waals surface area (Å²) >= 11 is 0. The summed E-state index contributed by atoms with van der Waals surface area (Å²) in [6, 6.07) is 0. The number of ether oxygens (including phenoxy) is 1. The average molecular weight is 252 g/mol. The molecule has 0 amide bonds. The number of hydrogen-bond acceptors (Lipinski definition) is 4. The lowest BCUT2D eigenvalue weighted by Gasteiger charge is -2.22. The van der Waals surface area contributed by atoms with Crippen molar-refractivity contribution in [3.8, 4) is 0 Å². The Bertz CT molecular complexity index is 503. The SMILES string of the molecule is CCOC(=O)C(C)(C)Cc1c(C)nc(C)[nH]c1=O. The molecule has 0 aliphatic heterocycles. The lowest BCUT2D eigenvalue weighted by Crippen LogP contribution is -2.32. The number of H-pyrrole nitrogens is 1. The fourth-order valence-electron chi connectivity index (χ4n) is 1.80. The van der Waals surface area contributed by atoms with Crippen LogP contribution in [0, 0.1) is 19.3 Å². The molecule has 1 N–H and O–H groups in total. The zero-order valence-electron chi connectivity index (χ0n) is 11.6. The lowest BCUT2D eigenvalue weighted by atomic mass is 9.85. The number of carbonyl (C=O) groups excluding carboxylic acids is 1. The Kier molecular flexibility index (Phi) is 4.27. The van der Waals surface area contributed by atoms with Gasteiger partial charge in [-0.05, 0) is 41.0 Å². The van der Waals surface area contributed by atoms with Crippen LogP contribution < -0.4 is 5.56 Å². The Balaban J connectivity index is 3.04. The van der Waals surface area contributed by atoms with E-state index in [1.54, 1.807) is 34.6 Å². The summed E-state index contributed by atoms with van der Waals surface area (Å²) < 4.78 is 5.01. The first-order valence-corrected chi connectivity index (χ1v) is 6.01. The Morgan fingerprint density at radius 2 is 2.00 bits per heavy atom. The number of carbonyl (C=O) groups is 1. The zero-order chi connectivity index (χ0) is 13.9. The summed E-state index contributed by atoms with van der Waals surface area (Å²) in [5.41, 5.74) is 0.287. The Morgan fingerprint density at radius 1 is 1.39 bits per heavy atom. The molecule has 0 atom stereocenters. The van der Waals surface area contributed by atoms with E-state index in [0.29, 0.717) is 30.1 Å². The van der Waals surface area contributed by atoms with E-state index in [9.17, 15) is 9.59 Å². The highest BCUT2D eigenvalue weighted by atomic mass is 16.5. The van der Waals surface area contributed by atoms with Crippen LogP contribution in [0.25, 0.3) is 0 Å². The third kappa shape index (κ3) is 3.18. The van der Waals surface area contributed by atoms with Gasteiger partial charge in [0.15, 0.2) is 0 Å². The van der Waals surface area contributed by atoms with Crippen molar-refractivity contribution in [1.29, 1.82) is 0 Å². The fourth-order valence-corrected chi connectivity index (χ4v) is 1.80. The molecule has 100 valence electrons. The van der Waals surface area contributed by atoms with Crippen LogP contribution in [0.2, 0.25) is 0 Å². The van der Waals surface area contributed by atoms with Gasteiger partial charge in [0.1, 0.15) is 5.82 Å². The van der Waals surface area contributed by atoms with Gasteiger partial charge < -0.3 is 9.72 Å². The smallest absolute Gasteiger partial charge is 0.311 e. The lowest BCUT2D eigenvalue weighted by molar-refractivity contribution is -0.153. The van der Waals surface area contributed by atoms with Gasteiger partial charge in [0.25, 0.3) is 5.56 Å². The molecule has 5 heteroatoms. The van der Waals surface area contributed by atoms with Crippen molar-refractivity contribution >= 4 is 5.97 Å². The van der Waals surface area contributed by atoms with Crippen molar-refractivity contribution in [2.24, 2.45) is 5.41 Å². The van der Waals surface area contributed by atoms with E-state index in [-0.39, 0.29) is 11.5 Å². The van der Waals surface area contributed by atoms with Crippen LogP contribution in [0.4, 0.5) is 0 Å². The minimum absolute atomic E-state index is 0.183. The maximum Gasteiger partial charge on any atom is 0.311 e. The average Bonchev–Trinajstić information content (AvgIpc) is 2.23. The maximum absolute atomic E-state index is 11.9. The minimum Gasteiger partial charge on any atom is -0.466 e. The monoisotopic (exact) mass is 252 g/mol. The first-order chi connectivity index (χ1) is 8.27. The molecular formula is C13H20N2O3. The number of aromatic nitrogens is 2. The minimum atomic E-state index is -0.731. The van der Waals surface area contributed by atoms with Crippen molar-refractivity contribution in [3.05, 3.63) is 27.4 Å².